The van der Waals surface area contributed by atoms with Gasteiger partial charge >= 0.3 is 0 Å². The Morgan fingerprint density at radius 1 is 1.44 bits per heavy atom. The van der Waals surface area contributed by atoms with Crippen LogP contribution >= 0.6 is 0 Å². The first kappa shape index (κ1) is 12.1. The van der Waals surface area contributed by atoms with E-state index in [4.69, 9.17) is 0 Å². The molecule has 1 rings (SSSR count). The monoisotopic (exact) mass is 218 g/mol. The van der Waals surface area contributed by atoms with Crippen LogP contribution in [-0.2, 0) is 9.59 Å². The van der Waals surface area contributed by atoms with Crippen LogP contribution < -0.4 is 5.32 Å². The molecule has 0 unspecified atom stereocenters. The largest absolute Gasteiger partial charge is 0.326 e. The summed E-state index contributed by atoms with van der Waals surface area (Å²) in [5.41, 5.74) is 2.14. The second kappa shape index (κ2) is 5.24. The number of isocyanates is 1. The van der Waals surface area contributed by atoms with Gasteiger partial charge in [-0.3, -0.25) is 4.79 Å². The van der Waals surface area contributed by atoms with Gasteiger partial charge in [-0.05, 0) is 30.7 Å². The number of carbonyl (C=O) groups is 1. The molecule has 0 saturated carbocycles. The minimum Gasteiger partial charge on any atom is -0.326 e. The lowest BCUT2D eigenvalue weighted by Gasteiger charge is -2.10. The quantitative estimate of drug-likeness (QED) is 0.626. The van der Waals surface area contributed by atoms with Gasteiger partial charge in [-0.1, -0.05) is 13.8 Å². The Hall–Kier alpha value is -1.93. The van der Waals surface area contributed by atoms with Crippen molar-refractivity contribution >= 4 is 23.4 Å². The number of benzene rings is 1. The van der Waals surface area contributed by atoms with E-state index in [9.17, 15) is 9.59 Å². The van der Waals surface area contributed by atoms with Gasteiger partial charge in [0.25, 0.3) is 0 Å². The molecule has 0 aliphatic carbocycles. The number of rotatable bonds is 3. The van der Waals surface area contributed by atoms with Crippen LogP contribution in [0.2, 0.25) is 0 Å². The molecule has 0 aliphatic rings. The molecule has 1 N–H and O–H groups in total. The molecule has 0 aromatic heterocycles. The van der Waals surface area contributed by atoms with E-state index in [0.29, 0.717) is 5.69 Å². The third-order valence-electron chi connectivity index (χ3n) is 2.17. The van der Waals surface area contributed by atoms with Crippen LogP contribution in [0.15, 0.2) is 23.2 Å². The van der Waals surface area contributed by atoms with Crippen molar-refractivity contribution in [3.05, 3.63) is 23.8 Å². The van der Waals surface area contributed by atoms with Crippen molar-refractivity contribution in [1.29, 1.82) is 0 Å². The molecule has 0 spiro atoms. The Kier molecular flexibility index (Phi) is 3.97. The maximum atomic E-state index is 11.5. The smallest absolute Gasteiger partial charge is 0.240 e. The lowest BCUT2D eigenvalue weighted by Crippen LogP contribution is -2.18. The number of aliphatic imine (C=N–C) groups is 1. The molecule has 4 nitrogen and oxygen atoms in total. The molecule has 0 radical (unpaired) electrons. The topological polar surface area (TPSA) is 58.5 Å². The molecule has 1 aromatic rings. The average Bonchev–Trinajstić information content (AvgIpc) is 2.22. The highest BCUT2D eigenvalue weighted by molar-refractivity contribution is 5.93. The number of anilines is 1. The highest BCUT2D eigenvalue weighted by Gasteiger charge is 2.08. The summed E-state index contributed by atoms with van der Waals surface area (Å²) >= 11 is 0. The zero-order chi connectivity index (χ0) is 12.1. The number of hydrogen-bond donors (Lipinski definition) is 1. The lowest BCUT2D eigenvalue weighted by molar-refractivity contribution is -0.118. The first-order chi connectivity index (χ1) is 7.54. The van der Waals surface area contributed by atoms with E-state index in [1.165, 1.54) is 6.08 Å². The molecule has 1 amide bonds. The van der Waals surface area contributed by atoms with Gasteiger partial charge in [0.2, 0.25) is 12.0 Å². The number of hydrogen-bond acceptors (Lipinski definition) is 3. The highest BCUT2D eigenvalue weighted by Crippen LogP contribution is 2.21. The van der Waals surface area contributed by atoms with Gasteiger partial charge in [0, 0.05) is 11.6 Å². The first-order valence-corrected chi connectivity index (χ1v) is 5.04. The predicted octanol–water partition coefficient (Wildman–Crippen LogP) is 2.56. The second-order valence-corrected chi connectivity index (χ2v) is 3.85. The normalized spacial score (nSPS) is 9.75. The number of carbonyl (C=O) groups excluding carboxylic acids is 2. The summed E-state index contributed by atoms with van der Waals surface area (Å²) in [6, 6.07) is 5.11. The third kappa shape index (κ3) is 3.04. The Morgan fingerprint density at radius 2 is 2.12 bits per heavy atom. The van der Waals surface area contributed by atoms with Crippen LogP contribution in [0.5, 0.6) is 0 Å². The van der Waals surface area contributed by atoms with E-state index in [1.54, 1.807) is 18.2 Å². The fourth-order valence-corrected chi connectivity index (χ4v) is 1.19. The summed E-state index contributed by atoms with van der Waals surface area (Å²) in [6.45, 7) is 5.51. The molecular weight excluding hydrogens is 204 g/mol. The molecule has 1 aromatic carbocycles. The van der Waals surface area contributed by atoms with Crippen molar-refractivity contribution in [3.63, 3.8) is 0 Å². The predicted molar refractivity (Wildman–Crippen MR) is 62.4 cm³/mol. The van der Waals surface area contributed by atoms with Crippen LogP contribution in [0.1, 0.15) is 19.4 Å². The third-order valence-corrected chi connectivity index (χ3v) is 2.17. The van der Waals surface area contributed by atoms with Gasteiger partial charge < -0.3 is 5.32 Å². The summed E-state index contributed by atoms with van der Waals surface area (Å²) < 4.78 is 0. The Labute approximate surface area is 94.4 Å². The van der Waals surface area contributed by atoms with Gasteiger partial charge in [0.05, 0.1) is 5.69 Å². The summed E-state index contributed by atoms with van der Waals surface area (Å²) in [4.78, 5) is 25.1. The van der Waals surface area contributed by atoms with Crippen molar-refractivity contribution < 1.29 is 9.59 Å². The number of aryl methyl sites for hydroxylation is 1. The number of amides is 1. The molecule has 4 heteroatoms. The lowest BCUT2D eigenvalue weighted by atomic mass is 10.1. The molecule has 84 valence electrons. The maximum Gasteiger partial charge on any atom is 0.240 e. The van der Waals surface area contributed by atoms with Gasteiger partial charge in [0.1, 0.15) is 0 Å². The van der Waals surface area contributed by atoms with Crippen LogP contribution in [0.4, 0.5) is 11.4 Å². The van der Waals surface area contributed by atoms with E-state index in [-0.39, 0.29) is 11.8 Å². The fraction of sp³-hybridized carbons (Fsp3) is 0.333. The average molecular weight is 218 g/mol. The van der Waals surface area contributed by atoms with E-state index in [1.807, 2.05) is 20.8 Å². The van der Waals surface area contributed by atoms with Gasteiger partial charge in [-0.15, -0.1) is 0 Å². The van der Waals surface area contributed by atoms with Gasteiger partial charge in [0.15, 0.2) is 0 Å². The van der Waals surface area contributed by atoms with E-state index < -0.39 is 0 Å². The summed E-state index contributed by atoms with van der Waals surface area (Å²) in [5, 5.41) is 2.80. The molecule has 0 saturated heterocycles. The molecule has 0 heterocycles. The molecular formula is C12H14N2O2. The summed E-state index contributed by atoms with van der Waals surface area (Å²) in [7, 11) is 0. The molecule has 0 fully saturated rings. The van der Waals surface area contributed by atoms with Crippen molar-refractivity contribution in [2.75, 3.05) is 5.32 Å². The van der Waals surface area contributed by atoms with Crippen LogP contribution in [-0.4, -0.2) is 12.0 Å². The summed E-state index contributed by atoms with van der Waals surface area (Å²) in [6.07, 6.45) is 1.48. The minimum atomic E-state index is -0.0629. The molecule has 16 heavy (non-hydrogen) atoms. The number of nitrogens with one attached hydrogen (secondary N) is 1. The number of nitrogens with zero attached hydrogens (tertiary/aromatic N) is 1. The maximum absolute atomic E-state index is 11.5. The van der Waals surface area contributed by atoms with E-state index in [0.717, 1.165) is 11.3 Å². The van der Waals surface area contributed by atoms with Crippen LogP contribution in [0.25, 0.3) is 0 Å². The summed E-state index contributed by atoms with van der Waals surface area (Å²) in [5.74, 6) is -0.0955. The van der Waals surface area contributed by atoms with Crippen molar-refractivity contribution in [3.8, 4) is 0 Å². The Morgan fingerprint density at radius 3 is 2.62 bits per heavy atom. The Balaban J connectivity index is 2.91. The minimum absolute atomic E-state index is 0.0326. The standard InChI is InChI=1S/C12H14N2O2/c1-8(2)12(16)14-11-5-4-10(13-7-15)6-9(11)3/h4-6,8H,1-3H3,(H,14,16). The van der Waals surface area contributed by atoms with Crippen LogP contribution in [0.3, 0.4) is 0 Å². The molecule has 0 bridgehead atoms. The van der Waals surface area contributed by atoms with Crippen molar-refractivity contribution in [2.45, 2.75) is 20.8 Å². The van der Waals surface area contributed by atoms with Crippen molar-refractivity contribution in [1.82, 2.24) is 0 Å². The molecule has 0 aliphatic heterocycles. The second-order valence-electron chi connectivity index (χ2n) is 3.85. The SMILES string of the molecule is Cc1cc(N=C=O)ccc1NC(=O)C(C)C. The zero-order valence-electron chi connectivity index (χ0n) is 9.57. The van der Waals surface area contributed by atoms with Crippen molar-refractivity contribution in [2.24, 2.45) is 10.9 Å². The highest BCUT2D eigenvalue weighted by atomic mass is 16.1. The van der Waals surface area contributed by atoms with E-state index >= 15 is 0 Å². The fourth-order valence-electron chi connectivity index (χ4n) is 1.19. The molecule has 0 atom stereocenters. The van der Waals surface area contributed by atoms with Gasteiger partial charge in [-0.25, -0.2) is 4.79 Å². The van der Waals surface area contributed by atoms with E-state index in [2.05, 4.69) is 10.3 Å². The zero-order valence-corrected chi connectivity index (χ0v) is 9.57. The first-order valence-electron chi connectivity index (χ1n) is 5.04. The van der Waals surface area contributed by atoms with Crippen LogP contribution in [0, 0.1) is 12.8 Å². The Bertz CT molecular complexity index is 446. The van der Waals surface area contributed by atoms with Gasteiger partial charge in [-0.2, -0.15) is 4.99 Å².